The molecule has 0 aromatic heterocycles. The van der Waals surface area contributed by atoms with Crippen LogP contribution in [0.25, 0.3) is 0 Å². The van der Waals surface area contributed by atoms with E-state index in [0.29, 0.717) is 37.9 Å². The molecule has 0 radical (unpaired) electrons. The lowest BCUT2D eigenvalue weighted by molar-refractivity contribution is -0.139. The van der Waals surface area contributed by atoms with E-state index in [9.17, 15) is 38.7 Å². The summed E-state index contributed by atoms with van der Waals surface area (Å²) < 4.78 is 0. The van der Waals surface area contributed by atoms with Crippen LogP contribution in [0.1, 0.15) is 64.9 Å². The number of benzene rings is 1. The Bertz CT molecular complexity index is 1560. The van der Waals surface area contributed by atoms with Gasteiger partial charge < -0.3 is 76.3 Å². The molecule has 1 aromatic carbocycles. The zero-order valence-electron chi connectivity index (χ0n) is 35.0. The van der Waals surface area contributed by atoms with Crippen molar-refractivity contribution in [2.75, 3.05) is 52.4 Å². The van der Waals surface area contributed by atoms with E-state index in [2.05, 4.69) is 36.9 Å². The number of phenolic OH excluding ortho intramolecular Hbond substituents is 1. The Hall–Kier alpha value is -5.58. The van der Waals surface area contributed by atoms with Crippen LogP contribution in [0.15, 0.2) is 29.3 Å². The number of nitrogens with one attached hydrogen (secondary N) is 6. The maximum absolute atomic E-state index is 14.0. The highest BCUT2D eigenvalue weighted by atomic mass is 16.3. The molecule has 0 heterocycles. The van der Waals surface area contributed by atoms with Gasteiger partial charge in [-0.3, -0.25) is 38.6 Å². The number of hydrogen-bond donors (Lipinski definition) is 13. The van der Waals surface area contributed by atoms with Gasteiger partial charge in [-0.15, -0.1) is 0 Å². The normalized spacial score (nSPS) is 13.4. The molecule has 7 amide bonds. The van der Waals surface area contributed by atoms with Crippen molar-refractivity contribution < 1.29 is 38.7 Å². The van der Waals surface area contributed by atoms with E-state index >= 15 is 0 Å². The summed E-state index contributed by atoms with van der Waals surface area (Å²) in [5.41, 5.74) is 33.8. The van der Waals surface area contributed by atoms with E-state index in [1.165, 1.54) is 12.1 Å². The minimum Gasteiger partial charge on any atom is -0.508 e. The molecular weight excluding hydrogens is 781 g/mol. The molecule has 0 spiro atoms. The van der Waals surface area contributed by atoms with Crippen LogP contribution in [0.2, 0.25) is 0 Å². The van der Waals surface area contributed by atoms with Crippen molar-refractivity contribution in [2.24, 2.45) is 45.3 Å². The maximum Gasteiger partial charge on any atom is 0.245 e. The summed E-state index contributed by atoms with van der Waals surface area (Å²) >= 11 is 0. The van der Waals surface area contributed by atoms with Gasteiger partial charge >= 0.3 is 0 Å². The average Bonchev–Trinajstić information content (AvgIpc) is 3.19. The quantitative estimate of drug-likeness (QED) is 0.0197. The van der Waals surface area contributed by atoms with Crippen LogP contribution in [-0.2, 0) is 40.0 Å². The zero-order valence-corrected chi connectivity index (χ0v) is 35.0. The first kappa shape index (κ1) is 52.4. The first-order valence-corrected chi connectivity index (χ1v) is 20.2. The fourth-order valence-corrected chi connectivity index (χ4v) is 5.87. The molecule has 22 heteroatoms. The number of amides is 7. The Labute approximate surface area is 351 Å². The summed E-state index contributed by atoms with van der Waals surface area (Å²) in [7, 11) is 0. The molecule has 0 saturated heterocycles. The molecule has 0 aliphatic heterocycles. The Morgan fingerprint density at radius 3 is 1.83 bits per heavy atom. The molecule has 0 saturated carbocycles. The molecule has 5 atom stereocenters. The highest BCUT2D eigenvalue weighted by Gasteiger charge is 2.33. The van der Waals surface area contributed by atoms with Gasteiger partial charge in [0.05, 0.1) is 13.1 Å². The van der Waals surface area contributed by atoms with Crippen LogP contribution in [0.5, 0.6) is 5.75 Å². The molecule has 60 heavy (non-hydrogen) atoms. The van der Waals surface area contributed by atoms with Gasteiger partial charge in [0.15, 0.2) is 5.96 Å². The van der Waals surface area contributed by atoms with E-state index < -0.39 is 84.6 Å². The predicted octanol–water partition coefficient (Wildman–Crippen LogP) is -4.57. The topological polar surface area (TPSA) is 384 Å². The van der Waals surface area contributed by atoms with Crippen molar-refractivity contribution in [2.45, 2.75) is 95.9 Å². The number of guanidine groups is 1. The van der Waals surface area contributed by atoms with Crippen LogP contribution in [0.3, 0.4) is 0 Å². The summed E-state index contributed by atoms with van der Waals surface area (Å²) in [5, 5.41) is 26.0. The maximum atomic E-state index is 14.0. The summed E-state index contributed by atoms with van der Waals surface area (Å²) in [6, 6.07) is -0.172. The molecule has 19 N–H and O–H groups in total. The van der Waals surface area contributed by atoms with E-state index in [1.807, 2.05) is 13.8 Å². The van der Waals surface area contributed by atoms with Crippen LogP contribution in [-0.4, -0.2) is 140 Å². The van der Waals surface area contributed by atoms with E-state index in [1.54, 1.807) is 19.1 Å². The van der Waals surface area contributed by atoms with Crippen molar-refractivity contribution in [1.29, 1.82) is 0 Å². The van der Waals surface area contributed by atoms with Gasteiger partial charge in [0.25, 0.3) is 0 Å². The van der Waals surface area contributed by atoms with Gasteiger partial charge in [0.1, 0.15) is 36.0 Å². The Morgan fingerprint density at radius 2 is 1.28 bits per heavy atom. The fourth-order valence-electron chi connectivity index (χ4n) is 5.87. The monoisotopic (exact) mass is 849 g/mol. The number of aliphatic imine (C=N–C) groups is 1. The van der Waals surface area contributed by atoms with Gasteiger partial charge in [0.2, 0.25) is 41.4 Å². The van der Waals surface area contributed by atoms with Gasteiger partial charge in [-0.25, -0.2) is 0 Å². The molecule has 1 rings (SSSR count). The number of primary amides is 1. The smallest absolute Gasteiger partial charge is 0.245 e. The van der Waals surface area contributed by atoms with E-state index in [-0.39, 0.29) is 69.5 Å². The number of nitrogens with two attached hydrogens (primary N) is 6. The highest BCUT2D eigenvalue weighted by Crippen LogP contribution is 2.13. The second-order valence-electron chi connectivity index (χ2n) is 14.7. The second-order valence-corrected chi connectivity index (χ2v) is 14.7. The first-order chi connectivity index (χ1) is 28.4. The molecule has 338 valence electrons. The van der Waals surface area contributed by atoms with Crippen LogP contribution in [0, 0.1) is 5.92 Å². The van der Waals surface area contributed by atoms with Crippen LogP contribution in [0.4, 0.5) is 0 Å². The predicted molar refractivity (Wildman–Crippen MR) is 226 cm³/mol. The van der Waals surface area contributed by atoms with Crippen molar-refractivity contribution in [3.63, 3.8) is 0 Å². The van der Waals surface area contributed by atoms with Crippen molar-refractivity contribution >= 4 is 47.3 Å². The largest absolute Gasteiger partial charge is 0.508 e. The molecular formula is C38H68N14O8. The van der Waals surface area contributed by atoms with Gasteiger partial charge in [-0.2, -0.15) is 0 Å². The molecule has 22 nitrogen and oxygen atoms in total. The molecule has 1 aromatic rings. The number of carbonyl (C=O) groups is 7. The highest BCUT2D eigenvalue weighted by molar-refractivity contribution is 5.97. The standard InChI is InChI=1S/C38H68N14O8/c1-4-6-26(48-34(57)27(7-5-16-46-38(43)44)47-32(55)21-45-17-14-39)33(56)50-29(19-24-9-11-25(53)12-10-24)35(58)51-30(20-41)36(59)49-28(13-8-23(2)3)37(60)52(18-15-40)22-31(42)54/h9-12,23,26-30,45,53H,4-8,13-22,39-41H2,1-3H3,(H2,42,54)(H,47,55)(H,48,57)(H,49,59)(H,50,56)(H,51,58)(H4,43,44,46)/t26-,27-,28-,29-,30-/m0/s1. The minimum atomic E-state index is -1.38. The van der Waals surface area contributed by atoms with Gasteiger partial charge in [0, 0.05) is 45.7 Å². The Morgan fingerprint density at radius 1 is 0.717 bits per heavy atom. The Kier molecular flexibility index (Phi) is 25.2. The van der Waals surface area contributed by atoms with Crippen LogP contribution >= 0.6 is 0 Å². The third-order valence-electron chi connectivity index (χ3n) is 9.00. The third-order valence-corrected chi connectivity index (χ3v) is 9.00. The molecule has 0 unspecified atom stereocenters. The third kappa shape index (κ3) is 20.9. The summed E-state index contributed by atoms with van der Waals surface area (Å²) in [5.74, 6) is -4.87. The second kappa shape index (κ2) is 28.8. The van der Waals surface area contributed by atoms with Crippen molar-refractivity contribution in [3.8, 4) is 5.75 Å². The summed E-state index contributed by atoms with van der Waals surface area (Å²) in [6.07, 6.45) is 1.63. The van der Waals surface area contributed by atoms with Gasteiger partial charge in [-0.1, -0.05) is 39.3 Å². The number of hydrogen-bond acceptors (Lipinski definition) is 13. The molecule has 0 aliphatic carbocycles. The van der Waals surface area contributed by atoms with Crippen molar-refractivity contribution in [3.05, 3.63) is 29.8 Å². The van der Waals surface area contributed by atoms with E-state index in [0.717, 1.165) is 4.90 Å². The fraction of sp³-hybridized carbons (Fsp3) is 0.632. The number of rotatable bonds is 30. The van der Waals surface area contributed by atoms with Crippen molar-refractivity contribution in [1.82, 2.24) is 36.8 Å². The zero-order chi connectivity index (χ0) is 45.2. The number of aromatic hydroxyl groups is 1. The molecule has 0 bridgehead atoms. The number of phenols is 1. The summed E-state index contributed by atoms with van der Waals surface area (Å²) in [6.45, 7) is 5.62. The molecule has 0 aliphatic rings. The Balaban J connectivity index is 3.37. The number of nitrogens with zero attached hydrogens (tertiary/aromatic N) is 2. The minimum absolute atomic E-state index is 0.00638. The lowest BCUT2D eigenvalue weighted by Crippen LogP contribution is -2.61. The molecule has 0 fully saturated rings. The van der Waals surface area contributed by atoms with E-state index in [4.69, 9.17) is 34.4 Å². The SMILES string of the molecule is CCC[C@H](NC(=O)[C@H](CCCN=C(N)N)NC(=O)CNCCN)C(=O)N[C@@H](Cc1ccc(O)cc1)C(=O)N[C@@H](CN)C(=O)N[C@@H](CCC(C)C)C(=O)N(CCN)CC(N)=O. The first-order valence-electron chi connectivity index (χ1n) is 20.2. The summed E-state index contributed by atoms with van der Waals surface area (Å²) in [4.78, 5) is 98.2. The lowest BCUT2D eigenvalue weighted by Gasteiger charge is -2.29. The number of carbonyl (C=O) groups excluding carboxylic acids is 7. The average molecular weight is 849 g/mol. The van der Waals surface area contributed by atoms with Gasteiger partial charge in [-0.05, 0) is 55.7 Å². The lowest BCUT2D eigenvalue weighted by atomic mass is 10.0. The van der Waals surface area contributed by atoms with Crippen LogP contribution < -0.4 is 66.3 Å².